The predicted molar refractivity (Wildman–Crippen MR) is 55.4 cm³/mol. The van der Waals surface area contributed by atoms with E-state index in [1.165, 1.54) is 24.5 Å². The van der Waals surface area contributed by atoms with Crippen molar-refractivity contribution in [2.45, 2.75) is 6.42 Å². The number of aromatic nitrogens is 1. The molecule has 0 atom stereocenters. The summed E-state index contributed by atoms with van der Waals surface area (Å²) in [6.45, 7) is 0. The highest BCUT2D eigenvalue weighted by Crippen LogP contribution is 2.28. The summed E-state index contributed by atoms with van der Waals surface area (Å²) in [7, 11) is 1.42. The van der Waals surface area contributed by atoms with Crippen molar-refractivity contribution in [1.82, 2.24) is 4.98 Å². The van der Waals surface area contributed by atoms with E-state index in [1.807, 2.05) is 6.07 Å². The molecular formula is C10H7FN2OS. The largest absolute Gasteiger partial charge is 0.494 e. The van der Waals surface area contributed by atoms with Crippen LogP contribution in [0.1, 0.15) is 5.01 Å². The predicted octanol–water partition coefficient (Wildman–Crippen LogP) is 2.51. The van der Waals surface area contributed by atoms with Crippen molar-refractivity contribution < 1.29 is 9.13 Å². The van der Waals surface area contributed by atoms with Gasteiger partial charge in [-0.3, -0.25) is 0 Å². The monoisotopic (exact) mass is 222 g/mol. The van der Waals surface area contributed by atoms with E-state index in [0.29, 0.717) is 10.5 Å². The first-order valence-corrected chi connectivity index (χ1v) is 5.06. The molecule has 1 aromatic carbocycles. The molecule has 0 spiro atoms. The number of hydrogen-bond acceptors (Lipinski definition) is 4. The summed E-state index contributed by atoms with van der Waals surface area (Å²) < 4.78 is 19.0. The van der Waals surface area contributed by atoms with Gasteiger partial charge in [-0.15, -0.1) is 11.3 Å². The Morgan fingerprint density at radius 3 is 3.07 bits per heavy atom. The number of rotatable bonds is 2. The van der Waals surface area contributed by atoms with Gasteiger partial charge in [-0.2, -0.15) is 5.26 Å². The lowest BCUT2D eigenvalue weighted by Gasteiger charge is -1.99. The molecule has 0 bridgehead atoms. The molecule has 2 aromatic rings. The van der Waals surface area contributed by atoms with Crippen molar-refractivity contribution in [1.29, 1.82) is 5.26 Å². The minimum Gasteiger partial charge on any atom is -0.494 e. The van der Waals surface area contributed by atoms with Crippen molar-refractivity contribution in [2.24, 2.45) is 0 Å². The fraction of sp³-hybridized carbons (Fsp3) is 0.200. The van der Waals surface area contributed by atoms with Crippen LogP contribution in [0.3, 0.4) is 0 Å². The van der Waals surface area contributed by atoms with Gasteiger partial charge in [0.25, 0.3) is 0 Å². The van der Waals surface area contributed by atoms with Crippen LogP contribution in [0, 0.1) is 17.1 Å². The van der Waals surface area contributed by atoms with Gasteiger partial charge in [0.05, 0.1) is 29.8 Å². The Morgan fingerprint density at radius 2 is 2.40 bits per heavy atom. The number of nitrogens with zero attached hydrogens (tertiary/aromatic N) is 2. The highest BCUT2D eigenvalue weighted by atomic mass is 32.1. The van der Waals surface area contributed by atoms with Crippen molar-refractivity contribution in [3.63, 3.8) is 0 Å². The smallest absolute Gasteiger partial charge is 0.167 e. The van der Waals surface area contributed by atoms with E-state index >= 15 is 0 Å². The zero-order valence-electron chi connectivity index (χ0n) is 7.95. The van der Waals surface area contributed by atoms with Crippen LogP contribution in [-0.4, -0.2) is 12.1 Å². The normalized spacial score (nSPS) is 10.2. The minimum atomic E-state index is -0.432. The maximum absolute atomic E-state index is 13.3. The fourth-order valence-electron chi connectivity index (χ4n) is 1.28. The van der Waals surface area contributed by atoms with Crippen molar-refractivity contribution >= 4 is 21.6 Å². The van der Waals surface area contributed by atoms with Gasteiger partial charge >= 0.3 is 0 Å². The zero-order chi connectivity index (χ0) is 10.8. The van der Waals surface area contributed by atoms with Gasteiger partial charge in [-0.1, -0.05) is 0 Å². The molecule has 0 N–H and O–H groups in total. The SMILES string of the molecule is COc1cc2sc(CC#N)nc2cc1F. The third-order valence-corrected chi connectivity index (χ3v) is 2.95. The maximum Gasteiger partial charge on any atom is 0.167 e. The van der Waals surface area contributed by atoms with Crippen LogP contribution in [0.25, 0.3) is 10.2 Å². The molecule has 1 heterocycles. The Morgan fingerprint density at radius 1 is 1.60 bits per heavy atom. The Labute approximate surface area is 89.7 Å². The molecule has 0 unspecified atom stereocenters. The number of fused-ring (bicyclic) bond motifs is 1. The fourth-order valence-corrected chi connectivity index (χ4v) is 2.19. The third-order valence-electron chi connectivity index (χ3n) is 1.94. The molecule has 0 aliphatic carbocycles. The maximum atomic E-state index is 13.3. The standard InChI is InChI=1S/C10H7FN2OS/c1-14-8-5-9-7(4-6(8)11)13-10(15-9)2-3-12/h4-5H,2H2,1H3. The van der Waals surface area contributed by atoms with Gasteiger partial charge in [0.2, 0.25) is 0 Å². The first kappa shape index (κ1) is 9.87. The Hall–Kier alpha value is -1.67. The summed E-state index contributed by atoms with van der Waals surface area (Å²) >= 11 is 1.38. The summed E-state index contributed by atoms with van der Waals surface area (Å²) in [5.41, 5.74) is 0.573. The molecule has 0 radical (unpaired) electrons. The summed E-state index contributed by atoms with van der Waals surface area (Å²) in [4.78, 5) is 4.14. The number of thiazole rings is 1. The minimum absolute atomic E-state index is 0.203. The van der Waals surface area contributed by atoms with E-state index in [2.05, 4.69) is 4.98 Å². The lowest BCUT2D eigenvalue weighted by molar-refractivity contribution is 0.387. The zero-order valence-corrected chi connectivity index (χ0v) is 8.77. The number of methoxy groups -OCH3 is 1. The number of nitriles is 1. The molecule has 15 heavy (non-hydrogen) atoms. The summed E-state index contributed by atoms with van der Waals surface area (Å²) in [5, 5.41) is 9.21. The van der Waals surface area contributed by atoms with Gasteiger partial charge in [0.1, 0.15) is 5.01 Å². The molecule has 76 valence electrons. The molecule has 0 saturated carbocycles. The van der Waals surface area contributed by atoms with Crippen LogP contribution in [0.4, 0.5) is 4.39 Å². The second kappa shape index (κ2) is 3.83. The first-order chi connectivity index (χ1) is 7.24. The molecule has 0 aliphatic heterocycles. The van der Waals surface area contributed by atoms with Crippen LogP contribution in [-0.2, 0) is 6.42 Å². The molecule has 1 aromatic heterocycles. The van der Waals surface area contributed by atoms with Gasteiger partial charge in [-0.25, -0.2) is 9.37 Å². The Kier molecular flexibility index (Phi) is 2.52. The van der Waals surface area contributed by atoms with E-state index in [9.17, 15) is 4.39 Å². The van der Waals surface area contributed by atoms with Crippen LogP contribution in [0.15, 0.2) is 12.1 Å². The summed E-state index contributed by atoms with van der Waals surface area (Å²) in [5.74, 6) is -0.228. The lowest BCUT2D eigenvalue weighted by Crippen LogP contribution is -1.86. The number of hydrogen-bond donors (Lipinski definition) is 0. The summed E-state index contributed by atoms with van der Waals surface area (Å²) in [6.07, 6.45) is 0.253. The van der Waals surface area contributed by atoms with E-state index in [4.69, 9.17) is 10.00 Å². The lowest BCUT2D eigenvalue weighted by atomic mass is 10.3. The molecular weight excluding hydrogens is 215 g/mol. The highest BCUT2D eigenvalue weighted by molar-refractivity contribution is 7.18. The van der Waals surface area contributed by atoms with Crippen molar-refractivity contribution in [3.05, 3.63) is 23.0 Å². The number of ether oxygens (including phenoxy) is 1. The molecule has 5 heteroatoms. The van der Waals surface area contributed by atoms with E-state index in [1.54, 1.807) is 6.07 Å². The molecule has 3 nitrogen and oxygen atoms in total. The van der Waals surface area contributed by atoms with Crippen LogP contribution in [0.2, 0.25) is 0 Å². The highest BCUT2D eigenvalue weighted by Gasteiger charge is 2.09. The van der Waals surface area contributed by atoms with Gasteiger partial charge < -0.3 is 4.74 Å². The quantitative estimate of drug-likeness (QED) is 0.784. The van der Waals surface area contributed by atoms with Gasteiger partial charge in [-0.05, 0) is 0 Å². The molecule has 0 aliphatic rings. The van der Waals surface area contributed by atoms with E-state index < -0.39 is 5.82 Å². The second-order valence-corrected chi connectivity index (χ2v) is 4.01. The van der Waals surface area contributed by atoms with E-state index in [-0.39, 0.29) is 12.2 Å². The summed E-state index contributed by atoms with van der Waals surface area (Å²) in [6, 6.07) is 4.94. The average Bonchev–Trinajstić information content (AvgIpc) is 2.58. The molecule has 0 fully saturated rings. The van der Waals surface area contributed by atoms with Gasteiger partial charge in [0, 0.05) is 12.1 Å². The Bertz CT molecular complexity index is 544. The second-order valence-electron chi connectivity index (χ2n) is 2.90. The van der Waals surface area contributed by atoms with Crippen molar-refractivity contribution in [2.75, 3.05) is 7.11 Å². The molecule has 0 saturated heterocycles. The molecule has 2 rings (SSSR count). The van der Waals surface area contributed by atoms with Crippen LogP contribution in [0.5, 0.6) is 5.75 Å². The number of halogens is 1. The molecule has 0 amide bonds. The third kappa shape index (κ3) is 1.76. The topological polar surface area (TPSA) is 45.9 Å². The number of benzene rings is 1. The average molecular weight is 222 g/mol. The van der Waals surface area contributed by atoms with Gasteiger partial charge in [0.15, 0.2) is 11.6 Å². The first-order valence-electron chi connectivity index (χ1n) is 4.24. The van der Waals surface area contributed by atoms with Crippen molar-refractivity contribution in [3.8, 4) is 11.8 Å². The van der Waals surface area contributed by atoms with Crippen LogP contribution >= 0.6 is 11.3 Å². The van der Waals surface area contributed by atoms with Crippen LogP contribution < -0.4 is 4.74 Å². The van der Waals surface area contributed by atoms with E-state index in [0.717, 1.165) is 4.70 Å². The Balaban J connectivity index is 2.57.